The molecule has 15 heavy (non-hydrogen) atoms. The Hall–Kier alpha value is -1.45. The van der Waals surface area contributed by atoms with Gasteiger partial charge in [-0.3, -0.25) is 0 Å². The quantitative estimate of drug-likeness (QED) is 0.688. The molecule has 0 bridgehead atoms. The van der Waals surface area contributed by atoms with E-state index in [1.165, 1.54) is 12.8 Å². The molecule has 0 amide bonds. The lowest BCUT2D eigenvalue weighted by Gasteiger charge is -2.13. The molecule has 0 aliphatic heterocycles. The lowest BCUT2D eigenvalue weighted by molar-refractivity contribution is 0.0518. The molecular weight excluding hydrogens is 192 g/mol. The van der Waals surface area contributed by atoms with E-state index in [2.05, 4.69) is 10.2 Å². The number of hydrogen-bond donors (Lipinski definition) is 0. The fraction of sp³-hybridized carbons (Fsp3) is 0.545. The summed E-state index contributed by atoms with van der Waals surface area (Å²) in [7, 11) is 0. The number of fused-ring (bicyclic) bond motifs is 1. The van der Waals surface area contributed by atoms with Crippen LogP contribution in [0.15, 0.2) is 6.07 Å². The van der Waals surface area contributed by atoms with E-state index in [1.54, 1.807) is 6.92 Å². The highest BCUT2D eigenvalue weighted by Crippen LogP contribution is 2.19. The number of hydrogen-bond acceptors (Lipinski definition) is 4. The Bertz CT molecular complexity index is 377. The molecule has 80 valence electrons. The molecule has 0 radical (unpaired) electrons. The van der Waals surface area contributed by atoms with Gasteiger partial charge in [0.25, 0.3) is 0 Å². The van der Waals surface area contributed by atoms with Gasteiger partial charge in [-0.2, -0.15) is 5.10 Å². The fourth-order valence-electron chi connectivity index (χ4n) is 1.80. The maximum absolute atomic E-state index is 11.4. The van der Waals surface area contributed by atoms with Gasteiger partial charge in [-0.05, 0) is 44.2 Å². The van der Waals surface area contributed by atoms with E-state index < -0.39 is 0 Å². The minimum absolute atomic E-state index is 0.331. The van der Waals surface area contributed by atoms with Gasteiger partial charge in [-0.15, -0.1) is 5.10 Å². The van der Waals surface area contributed by atoms with Crippen LogP contribution in [0.3, 0.4) is 0 Å². The van der Waals surface area contributed by atoms with Crippen molar-refractivity contribution < 1.29 is 9.53 Å². The lowest BCUT2D eigenvalue weighted by atomic mass is 9.96. The van der Waals surface area contributed by atoms with Crippen LogP contribution in [0.2, 0.25) is 0 Å². The number of ether oxygens (including phenoxy) is 1. The molecule has 4 nitrogen and oxygen atoms in total. The van der Waals surface area contributed by atoms with Crippen molar-refractivity contribution in [2.45, 2.75) is 32.6 Å². The van der Waals surface area contributed by atoms with Gasteiger partial charge in [-0.1, -0.05) is 0 Å². The summed E-state index contributed by atoms with van der Waals surface area (Å²) in [6.07, 6.45) is 4.31. The predicted octanol–water partition coefficient (Wildman–Crippen LogP) is 1.53. The molecule has 1 aromatic heterocycles. The lowest BCUT2D eigenvalue weighted by Crippen LogP contribution is -2.13. The molecule has 0 saturated carbocycles. The van der Waals surface area contributed by atoms with Crippen molar-refractivity contribution in [3.8, 4) is 0 Å². The Kier molecular flexibility index (Phi) is 2.94. The molecule has 0 aromatic carbocycles. The maximum Gasteiger partial charge on any atom is 0.358 e. The average Bonchev–Trinajstić information content (AvgIpc) is 2.29. The summed E-state index contributed by atoms with van der Waals surface area (Å²) < 4.78 is 4.88. The van der Waals surface area contributed by atoms with Crippen molar-refractivity contribution in [3.63, 3.8) is 0 Å². The Labute approximate surface area is 88.7 Å². The second-order valence-electron chi connectivity index (χ2n) is 3.63. The van der Waals surface area contributed by atoms with Crippen LogP contribution in [0.5, 0.6) is 0 Å². The number of aryl methyl sites for hydroxylation is 2. The predicted molar refractivity (Wildman–Crippen MR) is 54.6 cm³/mol. The molecular formula is C11H14N2O2. The highest BCUT2D eigenvalue weighted by molar-refractivity contribution is 5.87. The summed E-state index contributed by atoms with van der Waals surface area (Å²) in [5, 5.41) is 7.96. The van der Waals surface area contributed by atoms with Crippen molar-refractivity contribution in [1.82, 2.24) is 10.2 Å². The number of esters is 1. The minimum Gasteiger partial charge on any atom is -0.461 e. The standard InChI is InChI=1S/C11H14N2O2/c1-2-15-11(14)10-7-8-5-3-4-6-9(8)12-13-10/h7H,2-6H2,1H3. The summed E-state index contributed by atoms with van der Waals surface area (Å²) in [6.45, 7) is 2.15. The Morgan fingerprint density at radius 2 is 2.20 bits per heavy atom. The van der Waals surface area contributed by atoms with Crippen molar-refractivity contribution in [2.75, 3.05) is 6.61 Å². The number of carbonyl (C=O) groups is 1. The topological polar surface area (TPSA) is 52.1 Å². The maximum atomic E-state index is 11.4. The van der Waals surface area contributed by atoms with Crippen LogP contribution in [0.1, 0.15) is 41.5 Å². The molecule has 2 rings (SSSR count). The largest absolute Gasteiger partial charge is 0.461 e. The molecule has 4 heteroatoms. The second-order valence-corrected chi connectivity index (χ2v) is 3.63. The molecule has 0 unspecified atom stereocenters. The van der Waals surface area contributed by atoms with Gasteiger partial charge >= 0.3 is 5.97 Å². The van der Waals surface area contributed by atoms with E-state index in [1.807, 2.05) is 6.07 Å². The highest BCUT2D eigenvalue weighted by Gasteiger charge is 2.15. The summed E-state index contributed by atoms with van der Waals surface area (Å²) in [5.41, 5.74) is 2.52. The van der Waals surface area contributed by atoms with E-state index in [4.69, 9.17) is 4.74 Å². The third-order valence-electron chi connectivity index (χ3n) is 2.55. The molecule has 0 fully saturated rings. The SMILES string of the molecule is CCOC(=O)c1cc2c(nn1)CCCC2. The molecule has 0 spiro atoms. The van der Waals surface area contributed by atoms with Crippen LogP contribution in [0.4, 0.5) is 0 Å². The summed E-state index contributed by atoms with van der Waals surface area (Å²) in [4.78, 5) is 11.4. The van der Waals surface area contributed by atoms with E-state index in [0.29, 0.717) is 12.3 Å². The summed E-state index contributed by atoms with van der Waals surface area (Å²) >= 11 is 0. The van der Waals surface area contributed by atoms with Crippen molar-refractivity contribution in [1.29, 1.82) is 0 Å². The van der Waals surface area contributed by atoms with Gasteiger partial charge < -0.3 is 4.74 Å². The van der Waals surface area contributed by atoms with Crippen LogP contribution < -0.4 is 0 Å². The van der Waals surface area contributed by atoms with Gasteiger partial charge in [0.15, 0.2) is 5.69 Å². The van der Waals surface area contributed by atoms with Gasteiger partial charge in [0.1, 0.15) is 0 Å². The van der Waals surface area contributed by atoms with Gasteiger partial charge in [-0.25, -0.2) is 4.79 Å². The fourth-order valence-corrected chi connectivity index (χ4v) is 1.80. The summed E-state index contributed by atoms with van der Waals surface area (Å²) in [6, 6.07) is 1.82. The zero-order valence-electron chi connectivity index (χ0n) is 8.82. The second kappa shape index (κ2) is 4.38. The Morgan fingerprint density at radius 3 is 3.00 bits per heavy atom. The van der Waals surface area contributed by atoms with Crippen LogP contribution >= 0.6 is 0 Å². The smallest absolute Gasteiger partial charge is 0.358 e. The molecule has 1 aromatic rings. The molecule has 0 N–H and O–H groups in total. The third-order valence-corrected chi connectivity index (χ3v) is 2.55. The van der Waals surface area contributed by atoms with Crippen LogP contribution in [0, 0.1) is 0 Å². The van der Waals surface area contributed by atoms with Crippen molar-refractivity contribution in [3.05, 3.63) is 23.0 Å². The summed E-state index contributed by atoms with van der Waals surface area (Å²) in [5.74, 6) is -0.377. The third kappa shape index (κ3) is 2.14. The van der Waals surface area contributed by atoms with E-state index in [9.17, 15) is 4.79 Å². The van der Waals surface area contributed by atoms with Crippen LogP contribution in [-0.4, -0.2) is 22.8 Å². The zero-order chi connectivity index (χ0) is 10.7. The Morgan fingerprint density at radius 1 is 1.40 bits per heavy atom. The number of carbonyl (C=O) groups excluding carboxylic acids is 1. The molecule has 1 heterocycles. The first-order valence-corrected chi connectivity index (χ1v) is 5.34. The molecule has 1 aliphatic carbocycles. The number of aromatic nitrogens is 2. The van der Waals surface area contributed by atoms with Crippen molar-refractivity contribution >= 4 is 5.97 Å². The van der Waals surface area contributed by atoms with Crippen LogP contribution in [0.25, 0.3) is 0 Å². The van der Waals surface area contributed by atoms with E-state index >= 15 is 0 Å². The first-order chi connectivity index (χ1) is 7.31. The number of rotatable bonds is 2. The van der Waals surface area contributed by atoms with Gasteiger partial charge in [0, 0.05) is 0 Å². The molecule has 0 saturated heterocycles. The zero-order valence-corrected chi connectivity index (χ0v) is 8.82. The number of nitrogens with zero attached hydrogens (tertiary/aromatic N) is 2. The first kappa shape index (κ1) is 10.1. The average molecular weight is 206 g/mol. The monoisotopic (exact) mass is 206 g/mol. The molecule has 1 aliphatic rings. The molecule has 0 atom stereocenters. The first-order valence-electron chi connectivity index (χ1n) is 5.34. The van der Waals surface area contributed by atoms with E-state index in [0.717, 1.165) is 24.1 Å². The Balaban J connectivity index is 2.24. The highest BCUT2D eigenvalue weighted by atomic mass is 16.5. The van der Waals surface area contributed by atoms with Gasteiger partial charge in [0.2, 0.25) is 0 Å². The normalized spacial score (nSPS) is 14.5. The van der Waals surface area contributed by atoms with E-state index in [-0.39, 0.29) is 5.97 Å². The van der Waals surface area contributed by atoms with Gasteiger partial charge in [0.05, 0.1) is 12.3 Å². The van der Waals surface area contributed by atoms with Crippen molar-refractivity contribution in [2.24, 2.45) is 0 Å². The van der Waals surface area contributed by atoms with Crippen LogP contribution in [-0.2, 0) is 17.6 Å². The minimum atomic E-state index is -0.377.